The Labute approximate surface area is 74.0 Å². The third-order valence-electron chi connectivity index (χ3n) is 2.02. The Hall–Kier alpha value is -0.830. The standard InChI is InChI=1S/C9H7FOS/c10-7-1-2-9-8(3-7)6(4-11)5-12-9/h1-5,8-9H. The number of rotatable bonds is 1. The van der Waals surface area contributed by atoms with Crippen molar-refractivity contribution >= 4 is 18.0 Å². The van der Waals surface area contributed by atoms with E-state index in [2.05, 4.69) is 0 Å². The van der Waals surface area contributed by atoms with E-state index in [0.29, 0.717) is 5.57 Å². The van der Waals surface area contributed by atoms with Crippen LogP contribution in [-0.4, -0.2) is 11.5 Å². The highest BCUT2D eigenvalue weighted by molar-refractivity contribution is 8.03. The molecule has 2 unspecified atom stereocenters. The number of hydrogen-bond donors (Lipinski definition) is 0. The lowest BCUT2D eigenvalue weighted by Crippen LogP contribution is -2.13. The Morgan fingerprint density at radius 2 is 2.42 bits per heavy atom. The molecule has 0 saturated carbocycles. The average Bonchev–Trinajstić information content (AvgIpc) is 2.46. The molecule has 0 aromatic rings. The van der Waals surface area contributed by atoms with E-state index in [1.54, 1.807) is 17.8 Å². The third kappa shape index (κ3) is 1.14. The van der Waals surface area contributed by atoms with Gasteiger partial charge in [-0.15, -0.1) is 11.8 Å². The van der Waals surface area contributed by atoms with Gasteiger partial charge in [0.25, 0.3) is 0 Å². The molecule has 1 nitrogen and oxygen atoms in total. The molecule has 3 heteroatoms. The number of halogens is 1. The molecule has 0 aromatic carbocycles. The number of fused-ring (bicyclic) bond motifs is 1. The minimum absolute atomic E-state index is 0.0440. The van der Waals surface area contributed by atoms with Crippen LogP contribution >= 0.6 is 11.8 Å². The number of carbonyl (C=O) groups is 1. The van der Waals surface area contributed by atoms with Crippen molar-refractivity contribution in [2.24, 2.45) is 5.92 Å². The van der Waals surface area contributed by atoms with Crippen molar-refractivity contribution < 1.29 is 9.18 Å². The van der Waals surface area contributed by atoms with Gasteiger partial charge >= 0.3 is 0 Å². The van der Waals surface area contributed by atoms with Crippen molar-refractivity contribution in [3.63, 3.8) is 0 Å². The molecular weight excluding hydrogens is 175 g/mol. The highest BCUT2D eigenvalue weighted by Crippen LogP contribution is 2.39. The Bertz CT molecular complexity index is 304. The molecule has 0 N–H and O–H groups in total. The maximum absolute atomic E-state index is 12.8. The second-order valence-corrected chi connectivity index (χ2v) is 3.83. The summed E-state index contributed by atoms with van der Waals surface area (Å²) in [6.07, 6.45) is 5.57. The fraction of sp³-hybridized carbons (Fsp3) is 0.222. The Morgan fingerprint density at radius 3 is 3.17 bits per heavy atom. The van der Waals surface area contributed by atoms with Crippen molar-refractivity contribution in [3.05, 3.63) is 35.0 Å². The molecule has 0 fully saturated rings. The van der Waals surface area contributed by atoms with E-state index in [1.807, 2.05) is 5.41 Å². The fourth-order valence-corrected chi connectivity index (χ4v) is 2.49. The summed E-state index contributed by atoms with van der Waals surface area (Å²) in [5.41, 5.74) is 0.685. The number of carbonyl (C=O) groups excluding carboxylic acids is 1. The quantitative estimate of drug-likeness (QED) is 0.578. The Balaban J connectivity index is 2.29. The van der Waals surface area contributed by atoms with Gasteiger partial charge in [-0.25, -0.2) is 4.39 Å². The van der Waals surface area contributed by atoms with Crippen molar-refractivity contribution in [1.82, 2.24) is 0 Å². The topological polar surface area (TPSA) is 17.1 Å². The zero-order chi connectivity index (χ0) is 8.55. The van der Waals surface area contributed by atoms with Crippen LogP contribution in [-0.2, 0) is 4.79 Å². The predicted molar refractivity (Wildman–Crippen MR) is 47.3 cm³/mol. The van der Waals surface area contributed by atoms with Gasteiger partial charge in [0.05, 0.1) is 0 Å². The third-order valence-corrected chi connectivity index (χ3v) is 3.19. The van der Waals surface area contributed by atoms with E-state index in [0.717, 1.165) is 6.29 Å². The van der Waals surface area contributed by atoms with Crippen molar-refractivity contribution in [1.29, 1.82) is 0 Å². The SMILES string of the molecule is O=CC1=CSC2C=CC(F)=CC12. The van der Waals surface area contributed by atoms with E-state index in [4.69, 9.17) is 0 Å². The number of aldehydes is 1. The summed E-state index contributed by atoms with van der Waals surface area (Å²) in [5, 5.41) is 2.03. The van der Waals surface area contributed by atoms with Gasteiger partial charge in [0.15, 0.2) is 0 Å². The summed E-state index contributed by atoms with van der Waals surface area (Å²) >= 11 is 1.57. The molecule has 0 bridgehead atoms. The van der Waals surface area contributed by atoms with Crippen LogP contribution in [0.2, 0.25) is 0 Å². The van der Waals surface area contributed by atoms with Crippen molar-refractivity contribution in [2.45, 2.75) is 5.25 Å². The number of thioether (sulfide) groups is 1. The molecule has 12 heavy (non-hydrogen) atoms. The van der Waals surface area contributed by atoms with Crippen LogP contribution in [0.3, 0.4) is 0 Å². The summed E-state index contributed by atoms with van der Waals surface area (Å²) in [4.78, 5) is 10.5. The molecule has 2 aliphatic rings. The highest BCUT2D eigenvalue weighted by atomic mass is 32.2. The smallest absolute Gasteiger partial charge is 0.147 e. The first-order chi connectivity index (χ1) is 5.81. The summed E-state index contributed by atoms with van der Waals surface area (Å²) in [6.45, 7) is 0. The molecule has 0 spiro atoms. The molecule has 0 radical (unpaired) electrons. The van der Waals surface area contributed by atoms with Crippen LogP contribution in [0.1, 0.15) is 0 Å². The average molecular weight is 182 g/mol. The minimum Gasteiger partial charge on any atom is -0.298 e. The maximum atomic E-state index is 12.8. The molecule has 0 amide bonds. The summed E-state index contributed by atoms with van der Waals surface area (Å²) in [5.74, 6) is -0.288. The normalized spacial score (nSPS) is 32.4. The molecule has 1 heterocycles. The van der Waals surface area contributed by atoms with E-state index in [-0.39, 0.29) is 17.0 Å². The molecular formula is C9H7FOS. The minimum atomic E-state index is -0.244. The van der Waals surface area contributed by atoms with Crippen LogP contribution in [0.5, 0.6) is 0 Å². The maximum Gasteiger partial charge on any atom is 0.147 e. The van der Waals surface area contributed by atoms with Crippen LogP contribution in [0.25, 0.3) is 0 Å². The summed E-state index contributed by atoms with van der Waals surface area (Å²) in [6, 6.07) is 0. The van der Waals surface area contributed by atoms with Gasteiger partial charge < -0.3 is 0 Å². The highest BCUT2D eigenvalue weighted by Gasteiger charge is 2.29. The molecule has 2 rings (SSSR count). The molecule has 1 aliphatic heterocycles. The van der Waals surface area contributed by atoms with Gasteiger partial charge in [-0.2, -0.15) is 0 Å². The first-order valence-corrected chi connectivity index (χ1v) is 4.62. The van der Waals surface area contributed by atoms with Gasteiger partial charge in [0.2, 0.25) is 0 Å². The van der Waals surface area contributed by atoms with Crippen LogP contribution in [0.4, 0.5) is 4.39 Å². The monoisotopic (exact) mass is 182 g/mol. The van der Waals surface area contributed by atoms with Crippen LogP contribution in [0.15, 0.2) is 35.0 Å². The van der Waals surface area contributed by atoms with Crippen LogP contribution in [0, 0.1) is 5.92 Å². The van der Waals surface area contributed by atoms with Gasteiger partial charge in [-0.1, -0.05) is 6.08 Å². The van der Waals surface area contributed by atoms with E-state index in [9.17, 15) is 9.18 Å². The fourth-order valence-electron chi connectivity index (χ4n) is 1.39. The lowest BCUT2D eigenvalue weighted by Gasteiger charge is -2.15. The Morgan fingerprint density at radius 1 is 1.58 bits per heavy atom. The first kappa shape index (κ1) is 7.80. The van der Waals surface area contributed by atoms with E-state index < -0.39 is 0 Å². The molecule has 2 atom stereocenters. The predicted octanol–water partition coefficient (Wildman–Crippen LogP) is 2.22. The van der Waals surface area contributed by atoms with E-state index in [1.165, 1.54) is 12.2 Å². The largest absolute Gasteiger partial charge is 0.298 e. The van der Waals surface area contributed by atoms with Gasteiger partial charge in [-0.05, 0) is 17.6 Å². The number of allylic oxidation sites excluding steroid dienone is 4. The molecule has 1 aliphatic carbocycles. The van der Waals surface area contributed by atoms with Crippen molar-refractivity contribution in [3.8, 4) is 0 Å². The summed E-state index contributed by atoms with van der Waals surface area (Å²) in [7, 11) is 0. The lowest BCUT2D eigenvalue weighted by molar-refractivity contribution is -0.105. The second kappa shape index (κ2) is 2.90. The summed E-state index contributed by atoms with van der Waals surface area (Å²) < 4.78 is 12.8. The Kier molecular flexibility index (Phi) is 1.89. The zero-order valence-electron chi connectivity index (χ0n) is 6.24. The van der Waals surface area contributed by atoms with Crippen molar-refractivity contribution in [2.75, 3.05) is 0 Å². The zero-order valence-corrected chi connectivity index (χ0v) is 7.05. The molecule has 0 saturated heterocycles. The lowest BCUT2D eigenvalue weighted by atomic mass is 9.94. The first-order valence-electron chi connectivity index (χ1n) is 3.67. The second-order valence-electron chi connectivity index (χ2n) is 2.77. The molecule has 0 aromatic heterocycles. The van der Waals surface area contributed by atoms with E-state index >= 15 is 0 Å². The van der Waals surface area contributed by atoms with Crippen LogP contribution < -0.4 is 0 Å². The van der Waals surface area contributed by atoms with Gasteiger partial charge in [0, 0.05) is 16.7 Å². The molecule has 62 valence electrons. The number of hydrogen-bond acceptors (Lipinski definition) is 2. The van der Waals surface area contributed by atoms with Gasteiger partial charge in [0.1, 0.15) is 12.1 Å². The van der Waals surface area contributed by atoms with Gasteiger partial charge in [-0.3, -0.25) is 4.79 Å².